The molecule has 0 heterocycles. The number of hydrogen-bond acceptors (Lipinski definition) is 3. The fourth-order valence-electron chi connectivity index (χ4n) is 1.56. The predicted molar refractivity (Wildman–Crippen MR) is 71.1 cm³/mol. The molecule has 1 aromatic carbocycles. The maximum Gasteiger partial charge on any atom is 0.137 e. The van der Waals surface area contributed by atoms with Gasteiger partial charge in [-0.3, -0.25) is 0 Å². The Labute approximate surface area is 107 Å². The van der Waals surface area contributed by atoms with Gasteiger partial charge in [0.05, 0.1) is 6.61 Å². The van der Waals surface area contributed by atoms with Crippen molar-refractivity contribution in [2.75, 3.05) is 26.0 Å². The van der Waals surface area contributed by atoms with Crippen LogP contribution in [0.3, 0.4) is 0 Å². The number of benzene rings is 1. The monoisotopic (exact) mass is 257 g/mol. The first-order valence-corrected chi connectivity index (χ1v) is 6.82. The lowest BCUT2D eigenvalue weighted by Crippen LogP contribution is -2.17. The first-order chi connectivity index (χ1) is 8.19. The second-order valence-corrected chi connectivity index (χ2v) is 4.95. The highest BCUT2D eigenvalue weighted by Gasteiger charge is 2.08. The van der Waals surface area contributed by atoms with E-state index in [1.807, 2.05) is 26.0 Å². The average Bonchev–Trinajstić information content (AvgIpc) is 2.31. The maximum absolute atomic E-state index is 13.8. The highest BCUT2D eigenvalue weighted by molar-refractivity contribution is 7.99. The largest absolute Gasteiger partial charge is 0.384 e. The molecular formula is C13H20FNOS. The summed E-state index contributed by atoms with van der Waals surface area (Å²) >= 11 is 1.48. The van der Waals surface area contributed by atoms with Gasteiger partial charge in [0.15, 0.2) is 0 Å². The van der Waals surface area contributed by atoms with Crippen LogP contribution in [0.4, 0.5) is 4.39 Å². The number of thioether (sulfide) groups is 1. The molecule has 4 heteroatoms. The molecule has 0 aromatic heterocycles. The average molecular weight is 257 g/mol. The predicted octanol–water partition coefficient (Wildman–Crippen LogP) is 3.23. The van der Waals surface area contributed by atoms with E-state index in [1.54, 1.807) is 13.2 Å². The second-order valence-electron chi connectivity index (χ2n) is 3.81. The van der Waals surface area contributed by atoms with Crippen molar-refractivity contribution in [3.63, 3.8) is 0 Å². The minimum atomic E-state index is -0.145. The van der Waals surface area contributed by atoms with Gasteiger partial charge in [-0.05, 0) is 31.2 Å². The number of hydrogen-bond donors (Lipinski definition) is 1. The van der Waals surface area contributed by atoms with Crippen molar-refractivity contribution >= 4 is 11.8 Å². The Morgan fingerprint density at radius 2 is 2.24 bits per heavy atom. The van der Waals surface area contributed by atoms with Crippen molar-refractivity contribution in [2.45, 2.75) is 24.8 Å². The number of rotatable bonds is 7. The summed E-state index contributed by atoms with van der Waals surface area (Å²) in [5, 5.41) is 3.27. The molecule has 17 heavy (non-hydrogen) atoms. The fraction of sp³-hybridized carbons (Fsp3) is 0.538. The summed E-state index contributed by atoms with van der Waals surface area (Å²) in [6.45, 7) is 5.60. The first kappa shape index (κ1) is 14.5. The van der Waals surface area contributed by atoms with Crippen LogP contribution in [0.5, 0.6) is 0 Å². The minimum absolute atomic E-state index is 0.145. The molecule has 0 bridgehead atoms. The molecule has 1 N–H and O–H groups in total. The minimum Gasteiger partial charge on any atom is -0.384 e. The quantitative estimate of drug-likeness (QED) is 0.598. The zero-order valence-corrected chi connectivity index (χ0v) is 11.4. The highest BCUT2D eigenvalue weighted by atomic mass is 32.2. The molecule has 0 aliphatic rings. The SMILES string of the molecule is CCNC(C)c1ccc(SCCOC)c(F)c1. The van der Waals surface area contributed by atoms with Crippen molar-refractivity contribution in [1.29, 1.82) is 0 Å². The lowest BCUT2D eigenvalue weighted by atomic mass is 10.1. The molecule has 0 spiro atoms. The van der Waals surface area contributed by atoms with Crippen LogP contribution in [0.2, 0.25) is 0 Å². The second kappa shape index (κ2) is 7.69. The lowest BCUT2D eigenvalue weighted by Gasteiger charge is -2.13. The number of halogens is 1. The van der Waals surface area contributed by atoms with Crippen LogP contribution in [0.15, 0.2) is 23.1 Å². The molecule has 0 aliphatic carbocycles. The molecule has 1 aromatic rings. The summed E-state index contributed by atoms with van der Waals surface area (Å²) in [5.41, 5.74) is 0.987. The lowest BCUT2D eigenvalue weighted by molar-refractivity contribution is 0.218. The van der Waals surface area contributed by atoms with Crippen molar-refractivity contribution in [3.05, 3.63) is 29.6 Å². The molecule has 96 valence electrons. The van der Waals surface area contributed by atoms with Gasteiger partial charge in [-0.1, -0.05) is 13.0 Å². The zero-order chi connectivity index (χ0) is 12.7. The fourth-order valence-corrected chi connectivity index (χ4v) is 2.39. The van der Waals surface area contributed by atoms with Crippen LogP contribution < -0.4 is 5.32 Å². The Morgan fingerprint density at radius 3 is 2.82 bits per heavy atom. The molecule has 1 rings (SSSR count). The van der Waals surface area contributed by atoms with Crippen LogP contribution in [0, 0.1) is 5.82 Å². The van der Waals surface area contributed by atoms with Gasteiger partial charge in [0.25, 0.3) is 0 Å². The van der Waals surface area contributed by atoms with Gasteiger partial charge >= 0.3 is 0 Å². The normalized spacial score (nSPS) is 12.7. The molecule has 2 nitrogen and oxygen atoms in total. The van der Waals surface area contributed by atoms with Crippen LogP contribution in [-0.2, 0) is 4.74 Å². The van der Waals surface area contributed by atoms with E-state index in [9.17, 15) is 4.39 Å². The summed E-state index contributed by atoms with van der Waals surface area (Å²) in [6.07, 6.45) is 0. The summed E-state index contributed by atoms with van der Waals surface area (Å²) < 4.78 is 18.7. The van der Waals surface area contributed by atoms with Crippen molar-refractivity contribution in [2.24, 2.45) is 0 Å². The van der Waals surface area contributed by atoms with E-state index in [0.717, 1.165) is 17.9 Å². The van der Waals surface area contributed by atoms with Gasteiger partial charge < -0.3 is 10.1 Å². The molecule has 0 saturated heterocycles. The summed E-state index contributed by atoms with van der Waals surface area (Å²) in [6, 6.07) is 5.62. The topological polar surface area (TPSA) is 21.3 Å². The number of methoxy groups -OCH3 is 1. The molecule has 1 unspecified atom stereocenters. The van der Waals surface area contributed by atoms with Gasteiger partial charge in [-0.15, -0.1) is 11.8 Å². The summed E-state index contributed by atoms with van der Waals surface area (Å²) in [7, 11) is 1.65. The maximum atomic E-state index is 13.8. The van der Waals surface area contributed by atoms with E-state index >= 15 is 0 Å². The third kappa shape index (κ3) is 4.66. The standard InChI is InChI=1S/C13H20FNOS/c1-4-15-10(2)11-5-6-13(12(14)9-11)17-8-7-16-3/h5-6,9-10,15H,4,7-8H2,1-3H3. The van der Waals surface area contributed by atoms with Crippen molar-refractivity contribution in [1.82, 2.24) is 5.32 Å². The Hall–Kier alpha value is -0.580. The van der Waals surface area contributed by atoms with E-state index < -0.39 is 0 Å². The Kier molecular flexibility index (Phi) is 6.55. The van der Waals surface area contributed by atoms with E-state index in [1.165, 1.54) is 11.8 Å². The van der Waals surface area contributed by atoms with Gasteiger partial charge in [0, 0.05) is 23.8 Å². The van der Waals surface area contributed by atoms with Crippen LogP contribution in [0.25, 0.3) is 0 Å². The third-order valence-electron chi connectivity index (χ3n) is 2.51. The Bertz CT molecular complexity index is 346. The molecule has 0 fully saturated rings. The van der Waals surface area contributed by atoms with Crippen LogP contribution >= 0.6 is 11.8 Å². The van der Waals surface area contributed by atoms with E-state index in [2.05, 4.69) is 5.32 Å². The Balaban J connectivity index is 2.65. The molecule has 0 saturated carbocycles. The smallest absolute Gasteiger partial charge is 0.137 e. The third-order valence-corrected chi connectivity index (χ3v) is 3.52. The Morgan fingerprint density at radius 1 is 1.47 bits per heavy atom. The van der Waals surface area contributed by atoms with Crippen LogP contribution in [0.1, 0.15) is 25.5 Å². The molecule has 0 radical (unpaired) electrons. The summed E-state index contributed by atoms with van der Waals surface area (Å²) in [4.78, 5) is 0.689. The molecule has 1 atom stereocenters. The molecular weight excluding hydrogens is 237 g/mol. The van der Waals surface area contributed by atoms with E-state index in [-0.39, 0.29) is 11.9 Å². The van der Waals surface area contributed by atoms with Crippen molar-refractivity contribution in [3.8, 4) is 0 Å². The number of nitrogens with one attached hydrogen (secondary N) is 1. The van der Waals surface area contributed by atoms with E-state index in [0.29, 0.717) is 11.5 Å². The van der Waals surface area contributed by atoms with Gasteiger partial charge in [-0.25, -0.2) is 4.39 Å². The zero-order valence-electron chi connectivity index (χ0n) is 10.6. The van der Waals surface area contributed by atoms with Gasteiger partial charge in [-0.2, -0.15) is 0 Å². The number of ether oxygens (including phenoxy) is 1. The molecule has 0 aliphatic heterocycles. The summed E-state index contributed by atoms with van der Waals surface area (Å²) in [5.74, 6) is 0.628. The first-order valence-electron chi connectivity index (χ1n) is 5.83. The van der Waals surface area contributed by atoms with Crippen molar-refractivity contribution < 1.29 is 9.13 Å². The highest BCUT2D eigenvalue weighted by Crippen LogP contribution is 2.24. The van der Waals surface area contributed by atoms with E-state index in [4.69, 9.17) is 4.74 Å². The van der Waals surface area contributed by atoms with Crippen LogP contribution in [-0.4, -0.2) is 26.0 Å². The molecule has 0 amide bonds. The van der Waals surface area contributed by atoms with Gasteiger partial charge in [0.1, 0.15) is 5.82 Å². The van der Waals surface area contributed by atoms with Gasteiger partial charge in [0.2, 0.25) is 0 Å².